The molecular weight excluding hydrogens is 1200 g/mol. The Morgan fingerprint density at radius 2 is 1.15 bits per heavy atom. The maximum Gasteiger partial charge on any atom is 0.256 e. The zero-order valence-electron chi connectivity index (χ0n) is 47.3. The summed E-state index contributed by atoms with van der Waals surface area (Å²) in [5, 5.41) is 12.2. The van der Waals surface area contributed by atoms with Gasteiger partial charge in [-0.1, -0.05) is 137 Å². The minimum Gasteiger partial charge on any atom is -0.545 e. The molecule has 6 aromatic carbocycles. The van der Waals surface area contributed by atoms with Crippen molar-refractivity contribution in [3.05, 3.63) is 228 Å². The maximum absolute atomic E-state index is 13.5. The lowest BCUT2D eigenvalue weighted by Gasteiger charge is -2.45. The number of carbonyl (C=O) groups excluding carboxylic acids is 5. The second kappa shape index (κ2) is 26.9. The van der Waals surface area contributed by atoms with Gasteiger partial charge >= 0.3 is 0 Å². The van der Waals surface area contributed by atoms with Gasteiger partial charge < -0.3 is 29.9 Å². The summed E-state index contributed by atoms with van der Waals surface area (Å²) in [5.41, 5.74) is 5.94. The molecular formula is C66H63Cl6N3O8Si. The van der Waals surface area contributed by atoms with Gasteiger partial charge in [-0.15, -0.1) is 0 Å². The number of hydrogen-bond donors (Lipinski definition) is 3. The van der Waals surface area contributed by atoms with Gasteiger partial charge in [-0.3, -0.25) is 24.0 Å². The molecule has 1 saturated carbocycles. The van der Waals surface area contributed by atoms with Crippen molar-refractivity contribution in [3.63, 3.8) is 0 Å². The summed E-state index contributed by atoms with van der Waals surface area (Å²) in [6, 6.07) is 38.2. The Kier molecular flexibility index (Phi) is 20.3. The lowest BCUT2D eigenvalue weighted by atomic mass is 9.59. The van der Waals surface area contributed by atoms with Crippen molar-refractivity contribution >= 4 is 136 Å². The Labute approximate surface area is 521 Å². The summed E-state index contributed by atoms with van der Waals surface area (Å²) in [6.07, 6.45) is 8.66. The summed E-state index contributed by atoms with van der Waals surface area (Å²) in [5.74, 6) is -0.356. The second-order valence-electron chi connectivity index (χ2n) is 22.3. The molecule has 5 atom stereocenters. The number of nitrogens with one attached hydrogen (secondary N) is 3. The summed E-state index contributed by atoms with van der Waals surface area (Å²) in [6.45, 7) is 17.9. The lowest BCUT2D eigenvalue weighted by molar-refractivity contribution is -0.142. The van der Waals surface area contributed by atoms with E-state index >= 15 is 0 Å². The number of rotatable bonds is 10. The van der Waals surface area contributed by atoms with E-state index in [1.165, 1.54) is 6.08 Å². The molecule has 0 unspecified atom stereocenters. The average molecular weight is 1270 g/mol. The van der Waals surface area contributed by atoms with Gasteiger partial charge in [0.1, 0.15) is 16.6 Å². The second-order valence-corrected chi connectivity index (χ2v) is 29.3. The summed E-state index contributed by atoms with van der Waals surface area (Å²) >= 11 is 36.4. The van der Waals surface area contributed by atoms with Crippen LogP contribution in [-0.2, 0) is 48.7 Å². The zero-order chi connectivity index (χ0) is 60.8. The van der Waals surface area contributed by atoms with Crippen molar-refractivity contribution in [2.75, 3.05) is 16.0 Å². The number of carbonyl (C=O) groups is 5. The van der Waals surface area contributed by atoms with Gasteiger partial charge in [-0.25, -0.2) is 0 Å². The molecule has 3 N–H and O–H groups in total. The van der Waals surface area contributed by atoms with Crippen LogP contribution in [0.4, 0.5) is 17.1 Å². The van der Waals surface area contributed by atoms with Gasteiger partial charge in [0.05, 0.1) is 36.0 Å². The molecule has 3 heterocycles. The minimum absolute atomic E-state index is 0.000754. The smallest absolute Gasteiger partial charge is 0.256 e. The summed E-state index contributed by atoms with van der Waals surface area (Å²) in [4.78, 5) is 63.2. The van der Waals surface area contributed by atoms with E-state index in [0.717, 1.165) is 39.1 Å². The van der Waals surface area contributed by atoms with Gasteiger partial charge in [0.15, 0.2) is 5.78 Å². The Bertz CT molecular complexity index is 3650. The largest absolute Gasteiger partial charge is 0.545 e. The number of benzene rings is 6. The molecule has 6 aromatic rings. The van der Waals surface area contributed by atoms with E-state index in [0.29, 0.717) is 52.8 Å². The highest BCUT2D eigenvalue weighted by atomic mass is 35.5. The predicted octanol–water partition coefficient (Wildman–Crippen LogP) is 17.4. The summed E-state index contributed by atoms with van der Waals surface area (Å²) < 4.78 is 17.0. The van der Waals surface area contributed by atoms with Crippen molar-refractivity contribution < 1.29 is 37.9 Å². The highest BCUT2D eigenvalue weighted by Gasteiger charge is 2.61. The first-order chi connectivity index (χ1) is 39.8. The van der Waals surface area contributed by atoms with Gasteiger partial charge in [0.2, 0.25) is 20.1 Å². The Hall–Kier alpha value is -6.45. The van der Waals surface area contributed by atoms with E-state index in [2.05, 4.69) is 42.2 Å². The number of hydrogen-bond acceptors (Lipinski definition) is 8. The van der Waals surface area contributed by atoms with E-state index in [4.69, 9.17) is 83.5 Å². The standard InChI is InChI=1S/C22H21Cl2NO3.C19H13Cl2NO2.C15H9Cl2NO.C10H20O2Si/c1-12(2)28-20-11-16(26)10-18(13-4-3-5-14(23)8-13)22(20)17-7-6-15(24)9-19(17)25-21(22)27;20-12-3-1-2-11(8-12)16-10-14(23)6-7-19(16)15-5-4-13(21)9-17(15)22-18(19)24;16-10-3-1-2-9(6-10)7-13-12-5-4-11(17)8-14(12)18-15(13)19;1-9(2)11-8-7-10(3)12-13(4,5)6/h3-9,12,18,20H,10-11H2,1-2H3,(H,25,27);1-9,16H,10H2,(H,22,24);1-8H,(H,18,19);7-9H,3H2,1-2,4-6H3/b;;13-7+;8-7+/t18-,20-,22-;16-,19-;;/m00../s1. The number of ketones is 2. The number of anilines is 3. The molecule has 0 aromatic heterocycles. The number of amides is 3. The molecule has 84 heavy (non-hydrogen) atoms. The van der Waals surface area contributed by atoms with E-state index in [1.54, 1.807) is 73.0 Å². The van der Waals surface area contributed by atoms with Gasteiger partial charge in [0, 0.05) is 89.8 Å². The molecule has 18 heteroatoms. The minimum atomic E-state index is -1.50. The molecule has 0 saturated heterocycles. The van der Waals surface area contributed by atoms with E-state index in [1.807, 2.05) is 107 Å². The highest BCUT2D eigenvalue weighted by molar-refractivity contribution is 6.70. The SMILES string of the molecule is C=C(/C=C/OC(C)C)O[Si](C)(C)C.CC(C)O[C@H]1CC(=O)C[C@@H](c2cccc(Cl)c2)[C@]12C(=O)Nc1cc(Cl)ccc12.O=C1C=C[C@@]2(C(=O)Nc3cc(Cl)ccc32)[C@H](c2cccc(Cl)c2)C1.O=C1Nc2cc(Cl)ccc2/C1=C\c1cccc(Cl)c1. The van der Waals surface area contributed by atoms with E-state index in [-0.39, 0.29) is 72.6 Å². The van der Waals surface area contributed by atoms with E-state index in [9.17, 15) is 24.0 Å². The fourth-order valence-electron chi connectivity index (χ4n) is 11.1. The third kappa shape index (κ3) is 14.6. The van der Waals surface area contributed by atoms with Crippen molar-refractivity contribution in [3.8, 4) is 0 Å². The molecule has 2 spiro atoms. The van der Waals surface area contributed by atoms with Gasteiger partial charge in [-0.2, -0.15) is 0 Å². The van der Waals surface area contributed by atoms with Crippen molar-refractivity contribution in [1.29, 1.82) is 0 Å². The molecule has 5 aliphatic rings. The molecule has 11 nitrogen and oxygen atoms in total. The van der Waals surface area contributed by atoms with Crippen LogP contribution in [-0.4, -0.2) is 55.9 Å². The van der Waals surface area contributed by atoms with Crippen LogP contribution in [0.2, 0.25) is 49.8 Å². The number of fused-ring (bicyclic) bond motifs is 5. The van der Waals surface area contributed by atoms with Crippen LogP contribution >= 0.6 is 69.6 Å². The molecule has 0 radical (unpaired) electrons. The van der Waals surface area contributed by atoms with Crippen molar-refractivity contribution in [2.24, 2.45) is 0 Å². The number of Topliss-reactive ketones (excluding diaryl/α,β-unsaturated/α-hetero) is 1. The Morgan fingerprint density at radius 3 is 1.75 bits per heavy atom. The first-order valence-corrected chi connectivity index (χ1v) is 32.9. The van der Waals surface area contributed by atoms with E-state index < -0.39 is 25.3 Å². The molecule has 1 fully saturated rings. The van der Waals surface area contributed by atoms with Crippen LogP contribution in [0.25, 0.3) is 11.6 Å². The Morgan fingerprint density at radius 1 is 0.607 bits per heavy atom. The Balaban J connectivity index is 0.000000151. The quantitative estimate of drug-likeness (QED) is 0.0531. The zero-order valence-corrected chi connectivity index (χ0v) is 52.8. The normalized spacial score (nSPS) is 21.4. The van der Waals surface area contributed by atoms with Crippen LogP contribution in [0.3, 0.4) is 0 Å². The lowest BCUT2D eigenvalue weighted by Crippen LogP contribution is -2.56. The van der Waals surface area contributed by atoms with Crippen LogP contribution < -0.4 is 16.0 Å². The highest BCUT2D eigenvalue weighted by Crippen LogP contribution is 2.56. The number of halogens is 6. The number of ether oxygens (including phenoxy) is 2. The number of allylic oxidation sites excluding steroid dienone is 2. The molecule has 2 aliphatic carbocycles. The summed E-state index contributed by atoms with van der Waals surface area (Å²) in [7, 11) is -1.50. The van der Waals surface area contributed by atoms with Crippen LogP contribution in [0.5, 0.6) is 0 Å². The van der Waals surface area contributed by atoms with Gasteiger partial charge in [0.25, 0.3) is 5.91 Å². The maximum atomic E-state index is 13.5. The monoisotopic (exact) mass is 1260 g/mol. The van der Waals surface area contributed by atoms with Crippen molar-refractivity contribution in [2.45, 2.75) is 108 Å². The van der Waals surface area contributed by atoms with Crippen LogP contribution in [0, 0.1) is 0 Å². The first-order valence-electron chi connectivity index (χ1n) is 27.2. The topological polar surface area (TPSA) is 149 Å². The molecule has 0 bridgehead atoms. The third-order valence-corrected chi connectivity index (χ3v) is 16.7. The van der Waals surface area contributed by atoms with Crippen LogP contribution in [0.1, 0.15) is 92.2 Å². The van der Waals surface area contributed by atoms with Gasteiger partial charge in [-0.05, 0) is 160 Å². The van der Waals surface area contributed by atoms with Crippen LogP contribution in [0.15, 0.2) is 164 Å². The average Bonchev–Trinajstić information content (AvgIpc) is 1.56. The predicted molar refractivity (Wildman–Crippen MR) is 343 cm³/mol. The molecule has 3 amide bonds. The molecule has 3 aliphatic heterocycles. The fraction of sp³-hybridized carbons (Fsp3) is 0.258. The molecule has 436 valence electrons. The third-order valence-electron chi connectivity index (χ3n) is 14.4. The van der Waals surface area contributed by atoms with Crippen molar-refractivity contribution in [1.82, 2.24) is 0 Å². The first kappa shape index (κ1) is 63.6. The fourth-order valence-corrected chi connectivity index (χ4v) is 13.1. The molecule has 11 rings (SSSR count).